The highest BCUT2D eigenvalue weighted by atomic mass is 16.5. The van der Waals surface area contributed by atoms with Crippen LogP contribution in [0, 0.1) is 5.92 Å². The Labute approximate surface area is 111 Å². The van der Waals surface area contributed by atoms with Gasteiger partial charge in [0.05, 0.1) is 11.8 Å². The van der Waals surface area contributed by atoms with Crippen LogP contribution in [0.1, 0.15) is 35.3 Å². The van der Waals surface area contributed by atoms with Crippen molar-refractivity contribution in [2.75, 3.05) is 6.61 Å². The van der Waals surface area contributed by atoms with Gasteiger partial charge in [-0.2, -0.15) is 0 Å². The van der Waals surface area contributed by atoms with Crippen LogP contribution in [-0.4, -0.2) is 39.8 Å². The van der Waals surface area contributed by atoms with E-state index in [1.807, 2.05) is 0 Å². The lowest BCUT2D eigenvalue weighted by Crippen LogP contribution is -2.37. The third-order valence-corrected chi connectivity index (χ3v) is 3.78. The molecule has 1 aliphatic heterocycles. The molecule has 0 radical (unpaired) electrons. The van der Waals surface area contributed by atoms with Crippen LogP contribution in [0.3, 0.4) is 0 Å². The van der Waals surface area contributed by atoms with Gasteiger partial charge < -0.3 is 15.2 Å². The zero-order chi connectivity index (χ0) is 13.2. The minimum atomic E-state index is -0.987. The fourth-order valence-electron chi connectivity index (χ4n) is 2.62. The molecular formula is C13H17N3O3. The molecule has 6 heteroatoms. The fraction of sp³-hybridized carbons (Fsp3) is 0.615. The van der Waals surface area contributed by atoms with Gasteiger partial charge in [-0.05, 0) is 25.2 Å². The van der Waals surface area contributed by atoms with Gasteiger partial charge in [0.25, 0.3) is 0 Å². The second-order valence-electron chi connectivity index (χ2n) is 5.14. The van der Waals surface area contributed by atoms with Crippen LogP contribution in [0.5, 0.6) is 0 Å². The zero-order valence-electron chi connectivity index (χ0n) is 10.6. The van der Waals surface area contributed by atoms with Crippen molar-refractivity contribution in [1.29, 1.82) is 0 Å². The number of hydrogen-bond acceptors (Lipinski definition) is 5. The summed E-state index contributed by atoms with van der Waals surface area (Å²) in [5, 5.41) is 12.5. The molecule has 3 rings (SSSR count). The number of carboxylic acids is 1. The Morgan fingerprint density at radius 2 is 2.32 bits per heavy atom. The smallest absolute Gasteiger partial charge is 0.339 e. The largest absolute Gasteiger partial charge is 0.478 e. The molecule has 0 spiro atoms. The summed E-state index contributed by atoms with van der Waals surface area (Å²) in [4.78, 5) is 18.9. The van der Waals surface area contributed by atoms with Crippen LogP contribution in [0.4, 0.5) is 0 Å². The number of carbonyl (C=O) groups is 1. The maximum atomic E-state index is 11.1. The van der Waals surface area contributed by atoms with E-state index in [-0.39, 0.29) is 11.7 Å². The van der Waals surface area contributed by atoms with Gasteiger partial charge in [0.15, 0.2) is 0 Å². The van der Waals surface area contributed by atoms with Gasteiger partial charge in [-0.1, -0.05) is 0 Å². The summed E-state index contributed by atoms with van der Waals surface area (Å²) >= 11 is 0. The van der Waals surface area contributed by atoms with Crippen LogP contribution < -0.4 is 5.32 Å². The number of nitrogens with one attached hydrogen (secondary N) is 1. The van der Waals surface area contributed by atoms with Crippen LogP contribution in [-0.2, 0) is 11.3 Å². The molecule has 2 atom stereocenters. The second kappa shape index (κ2) is 5.22. The lowest BCUT2D eigenvalue weighted by molar-refractivity contribution is 0.0693. The molecule has 0 aromatic carbocycles. The predicted molar refractivity (Wildman–Crippen MR) is 66.7 cm³/mol. The molecule has 2 fully saturated rings. The number of aromatic nitrogens is 2. The monoisotopic (exact) mass is 263 g/mol. The average Bonchev–Trinajstić information content (AvgIpc) is 3.15. The van der Waals surface area contributed by atoms with Crippen molar-refractivity contribution in [2.24, 2.45) is 5.92 Å². The molecule has 2 N–H and O–H groups in total. The first-order valence-electron chi connectivity index (χ1n) is 6.63. The first-order chi connectivity index (χ1) is 9.25. The highest BCUT2D eigenvalue weighted by Crippen LogP contribution is 2.38. The van der Waals surface area contributed by atoms with Crippen molar-refractivity contribution in [1.82, 2.24) is 15.3 Å². The highest BCUT2D eigenvalue weighted by molar-refractivity contribution is 5.88. The Morgan fingerprint density at radius 3 is 3.05 bits per heavy atom. The van der Waals surface area contributed by atoms with E-state index in [1.54, 1.807) is 0 Å². The Balaban J connectivity index is 1.64. The molecule has 0 amide bonds. The normalized spacial score (nSPS) is 26.5. The molecule has 1 saturated heterocycles. The molecule has 1 aromatic heterocycles. The molecule has 19 heavy (non-hydrogen) atoms. The quantitative estimate of drug-likeness (QED) is 0.818. The lowest BCUT2D eigenvalue weighted by atomic mass is 10.1. The molecule has 0 bridgehead atoms. The van der Waals surface area contributed by atoms with Crippen molar-refractivity contribution in [2.45, 2.75) is 38.0 Å². The van der Waals surface area contributed by atoms with Crippen molar-refractivity contribution >= 4 is 5.97 Å². The summed E-state index contributed by atoms with van der Waals surface area (Å²) in [7, 11) is 0. The Hall–Kier alpha value is -1.53. The van der Waals surface area contributed by atoms with E-state index in [4.69, 9.17) is 9.84 Å². The lowest BCUT2D eigenvalue weighted by Gasteiger charge is -2.19. The van der Waals surface area contributed by atoms with E-state index >= 15 is 0 Å². The van der Waals surface area contributed by atoms with Gasteiger partial charge in [-0.3, -0.25) is 0 Å². The minimum Gasteiger partial charge on any atom is -0.478 e. The Kier molecular flexibility index (Phi) is 3.44. The fourth-order valence-corrected chi connectivity index (χ4v) is 2.62. The van der Waals surface area contributed by atoms with Crippen LogP contribution in [0.15, 0.2) is 12.5 Å². The van der Waals surface area contributed by atoms with E-state index < -0.39 is 5.97 Å². The maximum absolute atomic E-state index is 11.1. The number of ether oxygens (including phenoxy) is 1. The van der Waals surface area contributed by atoms with Crippen molar-refractivity contribution in [3.05, 3.63) is 23.8 Å². The van der Waals surface area contributed by atoms with Gasteiger partial charge >= 0.3 is 5.97 Å². The Morgan fingerprint density at radius 1 is 1.47 bits per heavy atom. The standard InChI is InChI=1S/C13H17N3O3/c17-13(18)9-5-14-7-16-11(9)6-15-10-3-4-19-12(10)8-1-2-8/h5,7-8,10,12,15H,1-4,6H2,(H,17,18). The van der Waals surface area contributed by atoms with Gasteiger partial charge in [0.1, 0.15) is 11.9 Å². The van der Waals surface area contributed by atoms with Crippen molar-refractivity contribution in [3.8, 4) is 0 Å². The van der Waals surface area contributed by atoms with E-state index in [9.17, 15) is 4.79 Å². The first-order valence-corrected chi connectivity index (χ1v) is 6.63. The van der Waals surface area contributed by atoms with Crippen LogP contribution in [0.25, 0.3) is 0 Å². The Bertz CT molecular complexity index is 476. The molecule has 102 valence electrons. The summed E-state index contributed by atoms with van der Waals surface area (Å²) in [6.07, 6.45) is 6.49. The molecule has 2 aliphatic rings. The summed E-state index contributed by atoms with van der Waals surface area (Å²) in [5.74, 6) is -0.303. The molecule has 1 aliphatic carbocycles. The SMILES string of the molecule is O=C(O)c1cncnc1CNC1CCOC1C1CC1. The van der Waals surface area contributed by atoms with E-state index in [0.717, 1.165) is 13.0 Å². The van der Waals surface area contributed by atoms with E-state index in [0.29, 0.717) is 24.2 Å². The van der Waals surface area contributed by atoms with Crippen LogP contribution >= 0.6 is 0 Å². The number of rotatable bonds is 5. The van der Waals surface area contributed by atoms with Crippen LogP contribution in [0.2, 0.25) is 0 Å². The van der Waals surface area contributed by atoms with Crippen molar-refractivity contribution < 1.29 is 14.6 Å². The minimum absolute atomic E-state index is 0.164. The van der Waals surface area contributed by atoms with E-state index in [1.165, 1.54) is 25.4 Å². The third-order valence-electron chi connectivity index (χ3n) is 3.78. The van der Waals surface area contributed by atoms with Gasteiger partial charge in [0.2, 0.25) is 0 Å². The molecular weight excluding hydrogens is 246 g/mol. The molecule has 6 nitrogen and oxygen atoms in total. The molecule has 1 aromatic rings. The first kappa shape index (κ1) is 12.5. The van der Waals surface area contributed by atoms with Gasteiger partial charge in [-0.25, -0.2) is 14.8 Å². The average molecular weight is 263 g/mol. The number of aromatic carboxylic acids is 1. The van der Waals surface area contributed by atoms with E-state index in [2.05, 4.69) is 15.3 Å². The molecule has 1 saturated carbocycles. The highest BCUT2D eigenvalue weighted by Gasteiger charge is 2.40. The third kappa shape index (κ3) is 2.74. The van der Waals surface area contributed by atoms with Gasteiger partial charge in [0, 0.05) is 25.4 Å². The summed E-state index contributed by atoms with van der Waals surface area (Å²) in [6, 6.07) is 0.309. The predicted octanol–water partition coefficient (Wildman–Crippen LogP) is 0.832. The topological polar surface area (TPSA) is 84.3 Å². The van der Waals surface area contributed by atoms with Crippen molar-refractivity contribution in [3.63, 3.8) is 0 Å². The van der Waals surface area contributed by atoms with Gasteiger partial charge in [-0.15, -0.1) is 0 Å². The summed E-state index contributed by atoms with van der Waals surface area (Å²) in [6.45, 7) is 1.23. The summed E-state index contributed by atoms with van der Waals surface area (Å²) in [5.41, 5.74) is 0.695. The zero-order valence-corrected chi connectivity index (χ0v) is 10.6. The summed E-state index contributed by atoms with van der Waals surface area (Å²) < 4.78 is 5.74. The second-order valence-corrected chi connectivity index (χ2v) is 5.14. The number of nitrogens with zero attached hydrogens (tertiary/aromatic N) is 2. The number of carboxylic acid groups (broad SMARTS) is 1. The molecule has 2 unspecified atom stereocenters. The molecule has 2 heterocycles. The maximum Gasteiger partial charge on any atom is 0.339 e. The number of hydrogen-bond donors (Lipinski definition) is 2.